The Kier molecular flexibility index (Phi) is 37.5. The molecule has 0 aliphatic carbocycles. The number of aliphatic carboxylic acids is 1. The first-order chi connectivity index (χ1) is 42.6. The smallest absolute Gasteiger partial charge is 0.326 e. The Morgan fingerprint density at radius 2 is 0.902 bits per heavy atom. The number of carbonyl (C=O) groups is 12. The fourth-order valence-corrected chi connectivity index (χ4v) is 11.4. The number of carbonyl (C=O) groups excluding carboxylic acids is 11. The van der Waals surface area contributed by atoms with Crippen LogP contribution in [0.15, 0.2) is 12.2 Å². The molecule has 0 heterocycles. The fourth-order valence-electron chi connectivity index (χ4n) is 11.4. The first-order valence-electron chi connectivity index (χ1n) is 32.6. The number of hydrogen-bond donors (Lipinski definition) is 6. The first kappa shape index (κ1) is 85.3. The van der Waals surface area contributed by atoms with Crippen molar-refractivity contribution in [1.29, 1.82) is 0 Å². The van der Waals surface area contributed by atoms with Crippen LogP contribution in [0.1, 0.15) is 163 Å². The van der Waals surface area contributed by atoms with Crippen molar-refractivity contribution in [2.75, 3.05) is 63.1 Å². The van der Waals surface area contributed by atoms with Crippen molar-refractivity contribution in [2.24, 2.45) is 41.4 Å². The maximum Gasteiger partial charge on any atom is 0.326 e. The Morgan fingerprint density at radius 3 is 1.33 bits per heavy atom. The summed E-state index contributed by atoms with van der Waals surface area (Å²) in [6, 6.07) is -12.9. The van der Waals surface area contributed by atoms with Gasteiger partial charge in [0.1, 0.15) is 66.5 Å². The number of hydrogen-bond acceptors (Lipinski definition) is 15. The minimum absolute atomic E-state index is 0.00194. The van der Waals surface area contributed by atoms with Crippen molar-refractivity contribution in [3.63, 3.8) is 0 Å². The molecule has 0 saturated carbocycles. The lowest BCUT2D eigenvalue weighted by Crippen LogP contribution is -2.63. The molecule has 26 heteroatoms. The molecular weight excluding hydrogens is 1190 g/mol. The Labute approximate surface area is 549 Å². The summed E-state index contributed by atoms with van der Waals surface area (Å²) in [7, 11) is 11.7. The highest BCUT2D eigenvalue weighted by Gasteiger charge is 2.47. The predicted octanol–water partition coefficient (Wildman–Crippen LogP) is 3.69. The van der Waals surface area contributed by atoms with Gasteiger partial charge < -0.3 is 70.6 Å². The van der Waals surface area contributed by atoms with Crippen molar-refractivity contribution < 1.29 is 72.1 Å². The van der Waals surface area contributed by atoms with E-state index >= 15 is 14.4 Å². The van der Waals surface area contributed by atoms with Crippen LogP contribution in [-0.4, -0.2) is 241 Å². The quantitative estimate of drug-likeness (QED) is 0.0376. The summed E-state index contributed by atoms with van der Waals surface area (Å²) in [6.45, 7) is 30.9. The van der Waals surface area contributed by atoms with Crippen molar-refractivity contribution in [2.45, 2.75) is 236 Å². The van der Waals surface area contributed by atoms with Crippen LogP contribution in [0.2, 0.25) is 0 Å². The van der Waals surface area contributed by atoms with Crippen LogP contribution < -0.4 is 26.6 Å². The lowest BCUT2D eigenvalue weighted by molar-refractivity contribution is -0.164. The summed E-state index contributed by atoms with van der Waals surface area (Å²) in [5.41, 5.74) is 0. The average Bonchev–Trinajstić information content (AvgIpc) is 0.949. The first-order valence-corrected chi connectivity index (χ1v) is 32.6. The van der Waals surface area contributed by atoms with E-state index in [4.69, 9.17) is 9.47 Å². The van der Waals surface area contributed by atoms with Gasteiger partial charge in [0.25, 0.3) is 0 Å². The monoisotopic (exact) mass is 1310 g/mol. The second kappa shape index (κ2) is 40.4. The normalized spacial score (nSPS) is 16.3. The summed E-state index contributed by atoms with van der Waals surface area (Å²) in [6.07, 6.45) is 3.50. The number of amides is 10. The summed E-state index contributed by atoms with van der Waals surface area (Å²) in [5, 5.41) is 23.6. The number of ether oxygens (including phenoxy) is 2. The van der Waals surface area contributed by atoms with E-state index in [1.54, 1.807) is 74.6 Å². The summed E-state index contributed by atoms with van der Waals surface area (Å²) in [5.74, 6) is -11.2. The molecule has 92 heavy (non-hydrogen) atoms. The maximum atomic E-state index is 15.1. The third-order valence-corrected chi connectivity index (χ3v) is 16.8. The van der Waals surface area contributed by atoms with Gasteiger partial charge in [0.05, 0.1) is 12.6 Å². The third-order valence-electron chi connectivity index (χ3n) is 16.8. The summed E-state index contributed by atoms with van der Waals surface area (Å²) in [4.78, 5) is 177. The Bertz CT molecular complexity index is 2490. The summed E-state index contributed by atoms with van der Waals surface area (Å²) < 4.78 is 11.1. The largest absolute Gasteiger partial charge is 0.480 e. The molecular formula is C66H119N11O15. The molecule has 0 fully saturated rings. The highest BCUT2D eigenvalue weighted by atomic mass is 16.5. The number of likely N-dealkylation sites (N-methyl/N-ethyl adjacent to an activating group) is 7. The fraction of sp³-hybridized carbons (Fsp3) is 0.788. The van der Waals surface area contributed by atoms with Gasteiger partial charge in [0.15, 0.2) is 0 Å². The minimum Gasteiger partial charge on any atom is -0.480 e. The van der Waals surface area contributed by atoms with Crippen LogP contribution in [0.4, 0.5) is 0 Å². The van der Waals surface area contributed by atoms with Crippen LogP contribution >= 0.6 is 0 Å². The molecule has 6 N–H and O–H groups in total. The highest BCUT2D eigenvalue weighted by Crippen LogP contribution is 2.27. The topological polar surface area (TPSA) is 323 Å². The average molecular weight is 1310 g/mol. The number of nitrogens with zero attached hydrogens (tertiary/aromatic N) is 6. The van der Waals surface area contributed by atoms with Crippen LogP contribution in [0.25, 0.3) is 0 Å². The third kappa shape index (κ3) is 25.0. The number of rotatable bonds is 40. The standard InChI is InChI=1S/C66H119N11O15/c1-27-30-31-41(14)55(92-45(18)78)54(59(82)70-47(29-3)66(89)90)77(25)65(88)52(40(12)13)75(23)63(86)50(34-38(8)9)74(22)62(85)49(33-37(6)7)73(21)60(83)44(17)69-56(79)43(16)68-57(80)48(32-36(4)5)72(20)64(87)51(39(10)11)71-58(81)53(42(15)35-91-26)76(24)61(84)46(28-2)67-19/h27,30,36-44,46-55,67H,28-29,31-35H2,1-26H3,(H,68,80)(H,69,79)(H,70,82)(H,71,81)(H,89,90)/b30-27+/t41-,42-,43+,44-,46-,47+,48+,49+,50+,51+,52+,53+,54+,55-/m1/s1. The molecule has 0 spiro atoms. The lowest BCUT2D eigenvalue weighted by Gasteiger charge is -2.42. The number of carboxylic acids is 1. The number of allylic oxidation sites excluding steroid dienone is 2. The van der Waals surface area contributed by atoms with Gasteiger partial charge in [-0.2, -0.15) is 0 Å². The van der Waals surface area contributed by atoms with Gasteiger partial charge in [-0.05, 0) is 102 Å². The van der Waals surface area contributed by atoms with E-state index in [1.165, 1.54) is 87.7 Å². The van der Waals surface area contributed by atoms with E-state index in [9.17, 15) is 48.3 Å². The molecule has 0 aromatic heterocycles. The van der Waals surface area contributed by atoms with E-state index in [1.807, 2.05) is 48.5 Å². The van der Waals surface area contributed by atoms with Gasteiger partial charge in [-0.1, -0.05) is 109 Å². The number of nitrogens with one attached hydrogen (secondary N) is 5. The Balaban J connectivity index is 7.08. The molecule has 0 saturated heterocycles. The van der Waals surface area contributed by atoms with Gasteiger partial charge >= 0.3 is 11.9 Å². The number of methoxy groups -OCH3 is 1. The minimum atomic E-state index is -1.56. The zero-order valence-corrected chi connectivity index (χ0v) is 60.4. The highest BCUT2D eigenvalue weighted by molar-refractivity contribution is 5.99. The summed E-state index contributed by atoms with van der Waals surface area (Å²) >= 11 is 0. The molecule has 26 nitrogen and oxygen atoms in total. The SMILES string of the molecule is C/C=C/C[C@@H](C)[C@@H](OC(C)=O)[C@@H](C(=O)N[C@@H](CC)C(=O)O)N(C)C(=O)[C@H](C(C)C)N(C)C(=O)[C@H](CC(C)C)N(C)C(=O)[C@H](CC(C)C)N(C)C(=O)[C@@H](C)NC(=O)[C@H](C)NC(=O)[C@H](CC(C)C)N(C)C(=O)[C@@H](NC(=O)[C@H]([C@H](C)COC)N(C)C(=O)[C@@H](CC)NC)C(C)C. The van der Waals surface area contributed by atoms with E-state index in [-0.39, 0.29) is 56.0 Å². The van der Waals surface area contributed by atoms with Gasteiger partial charge in [0, 0.05) is 62.2 Å². The lowest BCUT2D eigenvalue weighted by atomic mass is 9.91. The molecule has 0 rings (SSSR count). The Hall–Kier alpha value is -6.70. The zero-order valence-electron chi connectivity index (χ0n) is 60.4. The number of carboxylic acid groups (broad SMARTS) is 1. The second-order valence-corrected chi connectivity index (χ2v) is 26.7. The van der Waals surface area contributed by atoms with Crippen molar-refractivity contribution >= 4 is 71.0 Å². The van der Waals surface area contributed by atoms with Crippen LogP contribution in [0, 0.1) is 41.4 Å². The molecule has 0 unspecified atom stereocenters. The van der Waals surface area contributed by atoms with Gasteiger partial charge in [-0.25, -0.2) is 4.79 Å². The van der Waals surface area contributed by atoms with E-state index in [0.29, 0.717) is 12.8 Å². The molecule has 0 aromatic carbocycles. The van der Waals surface area contributed by atoms with Gasteiger partial charge in [-0.15, -0.1) is 0 Å². The predicted molar refractivity (Wildman–Crippen MR) is 353 cm³/mol. The van der Waals surface area contributed by atoms with E-state index < -0.39 is 161 Å². The van der Waals surface area contributed by atoms with Crippen molar-refractivity contribution in [3.8, 4) is 0 Å². The van der Waals surface area contributed by atoms with E-state index in [0.717, 1.165) is 11.8 Å². The molecule has 14 atom stereocenters. The molecule has 0 aliphatic heterocycles. The Morgan fingerprint density at radius 1 is 0.467 bits per heavy atom. The van der Waals surface area contributed by atoms with Crippen LogP contribution in [0.5, 0.6) is 0 Å². The molecule has 0 radical (unpaired) electrons. The number of esters is 1. The molecule has 0 bridgehead atoms. The van der Waals surface area contributed by atoms with Crippen LogP contribution in [-0.2, 0) is 67.0 Å². The zero-order chi connectivity index (χ0) is 71.7. The second-order valence-electron chi connectivity index (χ2n) is 26.7. The van der Waals surface area contributed by atoms with Crippen molar-refractivity contribution in [3.05, 3.63) is 12.2 Å². The molecule has 10 amide bonds. The van der Waals surface area contributed by atoms with Gasteiger partial charge in [-0.3, -0.25) is 52.7 Å². The molecule has 0 aliphatic rings. The maximum absolute atomic E-state index is 15.1. The van der Waals surface area contributed by atoms with E-state index in [2.05, 4.69) is 26.6 Å². The molecule has 528 valence electrons. The van der Waals surface area contributed by atoms with Gasteiger partial charge in [0.2, 0.25) is 59.1 Å². The van der Waals surface area contributed by atoms with Crippen LogP contribution in [0.3, 0.4) is 0 Å². The molecule has 0 aromatic rings. The van der Waals surface area contributed by atoms with Crippen molar-refractivity contribution in [1.82, 2.24) is 56.0 Å².